The third-order valence-electron chi connectivity index (χ3n) is 4.49. The highest BCUT2D eigenvalue weighted by molar-refractivity contribution is 14.0. The van der Waals surface area contributed by atoms with Gasteiger partial charge in [0.25, 0.3) is 0 Å². The lowest BCUT2D eigenvalue weighted by Gasteiger charge is -2.21. The summed E-state index contributed by atoms with van der Waals surface area (Å²) in [6, 6.07) is 5.29. The molecule has 0 aliphatic carbocycles. The fourth-order valence-corrected chi connectivity index (χ4v) is 3.23. The molecule has 0 amide bonds. The molecule has 0 radical (unpaired) electrons. The summed E-state index contributed by atoms with van der Waals surface area (Å²) in [4.78, 5) is 9.06. The van der Waals surface area contributed by atoms with Gasteiger partial charge in [-0.3, -0.25) is 0 Å². The summed E-state index contributed by atoms with van der Waals surface area (Å²) in [5.74, 6) is 1.35. The predicted octanol–water partition coefficient (Wildman–Crippen LogP) is 3.33. The van der Waals surface area contributed by atoms with E-state index in [1.165, 1.54) is 0 Å². The van der Waals surface area contributed by atoms with Gasteiger partial charge in [-0.05, 0) is 52.1 Å². The SMILES string of the molecule is CCNC(=NCc1ccc(F)c(CN(C)C)c1)N1CCC(COCC)C1.I. The van der Waals surface area contributed by atoms with E-state index in [0.717, 1.165) is 50.8 Å². The molecular formula is C20H34FIN4O. The van der Waals surface area contributed by atoms with Crippen molar-refractivity contribution in [3.63, 3.8) is 0 Å². The minimum absolute atomic E-state index is 0. The number of aliphatic imine (C=N–C) groups is 1. The van der Waals surface area contributed by atoms with Gasteiger partial charge in [-0.1, -0.05) is 6.07 Å². The summed E-state index contributed by atoms with van der Waals surface area (Å²) in [6.07, 6.45) is 1.13. The molecule has 0 spiro atoms. The average Bonchev–Trinajstić information content (AvgIpc) is 3.07. The van der Waals surface area contributed by atoms with E-state index in [4.69, 9.17) is 9.73 Å². The Morgan fingerprint density at radius 1 is 1.37 bits per heavy atom. The van der Waals surface area contributed by atoms with Crippen molar-refractivity contribution >= 4 is 29.9 Å². The van der Waals surface area contributed by atoms with Crippen LogP contribution in [0.25, 0.3) is 0 Å². The van der Waals surface area contributed by atoms with E-state index in [1.54, 1.807) is 6.07 Å². The standard InChI is InChI=1S/C20H33FN4O.HI/c1-5-22-20(25-10-9-17(13-25)15-26-6-2)23-12-16-7-8-19(21)18(11-16)14-24(3)4;/h7-8,11,17H,5-6,9-10,12-15H2,1-4H3,(H,22,23);1H. The van der Waals surface area contributed by atoms with E-state index >= 15 is 0 Å². The van der Waals surface area contributed by atoms with Gasteiger partial charge in [0.2, 0.25) is 0 Å². The molecule has 1 saturated heterocycles. The molecule has 154 valence electrons. The number of benzene rings is 1. The van der Waals surface area contributed by atoms with Gasteiger partial charge in [0.1, 0.15) is 5.82 Å². The van der Waals surface area contributed by atoms with E-state index in [-0.39, 0.29) is 29.8 Å². The quantitative estimate of drug-likeness (QED) is 0.344. The molecule has 1 aromatic carbocycles. The second-order valence-corrected chi connectivity index (χ2v) is 7.09. The molecule has 0 aromatic heterocycles. The zero-order valence-corrected chi connectivity index (χ0v) is 19.3. The van der Waals surface area contributed by atoms with Crippen LogP contribution in [-0.4, -0.2) is 62.7 Å². The van der Waals surface area contributed by atoms with Crippen molar-refractivity contribution in [3.8, 4) is 0 Å². The largest absolute Gasteiger partial charge is 0.381 e. The Morgan fingerprint density at radius 2 is 2.15 bits per heavy atom. The molecule has 5 nitrogen and oxygen atoms in total. The number of halogens is 2. The molecule has 27 heavy (non-hydrogen) atoms. The molecule has 1 aromatic rings. The third kappa shape index (κ3) is 7.91. The topological polar surface area (TPSA) is 40.1 Å². The Balaban J connectivity index is 0.00000364. The van der Waals surface area contributed by atoms with E-state index in [2.05, 4.69) is 17.1 Å². The Kier molecular flexibility index (Phi) is 11.2. The predicted molar refractivity (Wildman–Crippen MR) is 120 cm³/mol. The highest BCUT2D eigenvalue weighted by Gasteiger charge is 2.24. The molecule has 0 saturated carbocycles. The molecule has 1 heterocycles. The number of ether oxygens (including phenoxy) is 1. The Morgan fingerprint density at radius 3 is 2.81 bits per heavy atom. The first-order chi connectivity index (χ1) is 12.5. The highest BCUT2D eigenvalue weighted by atomic mass is 127. The molecule has 1 fully saturated rings. The van der Waals surface area contributed by atoms with Crippen molar-refractivity contribution in [2.75, 3.05) is 46.9 Å². The van der Waals surface area contributed by atoms with Gasteiger partial charge in [-0.15, -0.1) is 24.0 Å². The first-order valence-corrected chi connectivity index (χ1v) is 9.56. The number of nitrogens with one attached hydrogen (secondary N) is 1. The van der Waals surface area contributed by atoms with Crippen LogP contribution in [0.3, 0.4) is 0 Å². The smallest absolute Gasteiger partial charge is 0.194 e. The van der Waals surface area contributed by atoms with Gasteiger partial charge in [0.05, 0.1) is 13.2 Å². The minimum atomic E-state index is -0.156. The van der Waals surface area contributed by atoms with Crippen LogP contribution in [-0.2, 0) is 17.8 Å². The van der Waals surface area contributed by atoms with Crippen LogP contribution in [0.1, 0.15) is 31.4 Å². The lowest BCUT2D eigenvalue weighted by Crippen LogP contribution is -2.40. The lowest BCUT2D eigenvalue weighted by molar-refractivity contribution is 0.114. The Labute approximate surface area is 180 Å². The van der Waals surface area contributed by atoms with E-state index < -0.39 is 0 Å². The maximum absolute atomic E-state index is 13.9. The van der Waals surface area contributed by atoms with Crippen molar-refractivity contribution in [2.45, 2.75) is 33.4 Å². The fraction of sp³-hybridized carbons (Fsp3) is 0.650. The minimum Gasteiger partial charge on any atom is -0.381 e. The van der Waals surface area contributed by atoms with Crippen molar-refractivity contribution in [1.29, 1.82) is 0 Å². The number of hydrogen-bond acceptors (Lipinski definition) is 3. The summed E-state index contributed by atoms with van der Waals surface area (Å²) >= 11 is 0. The fourth-order valence-electron chi connectivity index (χ4n) is 3.23. The second-order valence-electron chi connectivity index (χ2n) is 7.09. The van der Waals surface area contributed by atoms with Crippen LogP contribution < -0.4 is 5.32 Å². The second kappa shape index (κ2) is 12.5. The summed E-state index contributed by atoms with van der Waals surface area (Å²) < 4.78 is 19.5. The van der Waals surface area contributed by atoms with Crippen LogP contribution in [0.4, 0.5) is 4.39 Å². The maximum atomic E-state index is 13.9. The molecule has 1 atom stereocenters. The normalized spacial score (nSPS) is 17.3. The summed E-state index contributed by atoms with van der Waals surface area (Å²) in [5, 5.41) is 3.38. The first-order valence-electron chi connectivity index (χ1n) is 9.56. The Hall–Kier alpha value is -0.930. The summed E-state index contributed by atoms with van der Waals surface area (Å²) in [5.41, 5.74) is 1.74. The van der Waals surface area contributed by atoms with Crippen molar-refractivity contribution in [3.05, 3.63) is 35.1 Å². The summed E-state index contributed by atoms with van der Waals surface area (Å²) in [6.45, 7) is 9.65. The van der Waals surface area contributed by atoms with Gasteiger partial charge < -0.3 is 19.9 Å². The zero-order chi connectivity index (χ0) is 18.9. The maximum Gasteiger partial charge on any atom is 0.194 e. The number of guanidine groups is 1. The number of hydrogen-bond donors (Lipinski definition) is 1. The van der Waals surface area contributed by atoms with Crippen molar-refractivity contribution in [2.24, 2.45) is 10.9 Å². The van der Waals surface area contributed by atoms with Crippen LogP contribution in [0.15, 0.2) is 23.2 Å². The molecule has 1 aliphatic heterocycles. The lowest BCUT2D eigenvalue weighted by atomic mass is 10.1. The molecule has 1 unspecified atom stereocenters. The van der Waals surface area contributed by atoms with Gasteiger partial charge in [0, 0.05) is 44.3 Å². The Bertz CT molecular complexity index is 597. The monoisotopic (exact) mass is 492 g/mol. The van der Waals surface area contributed by atoms with Crippen molar-refractivity contribution < 1.29 is 9.13 Å². The third-order valence-corrected chi connectivity index (χ3v) is 4.49. The number of nitrogens with zero attached hydrogens (tertiary/aromatic N) is 3. The van der Waals surface area contributed by atoms with Gasteiger partial charge >= 0.3 is 0 Å². The average molecular weight is 492 g/mol. The van der Waals surface area contributed by atoms with Crippen LogP contribution >= 0.6 is 24.0 Å². The summed E-state index contributed by atoms with van der Waals surface area (Å²) in [7, 11) is 3.89. The number of likely N-dealkylation sites (tertiary alicyclic amines) is 1. The van der Waals surface area contributed by atoms with Crippen LogP contribution in [0, 0.1) is 11.7 Å². The van der Waals surface area contributed by atoms with E-state index in [9.17, 15) is 4.39 Å². The molecule has 1 N–H and O–H groups in total. The van der Waals surface area contributed by atoms with Crippen LogP contribution in [0.2, 0.25) is 0 Å². The van der Waals surface area contributed by atoms with Gasteiger partial charge in [-0.25, -0.2) is 9.38 Å². The van der Waals surface area contributed by atoms with Crippen LogP contribution in [0.5, 0.6) is 0 Å². The molecule has 2 rings (SSSR count). The van der Waals surface area contributed by atoms with Gasteiger partial charge in [-0.2, -0.15) is 0 Å². The van der Waals surface area contributed by atoms with E-state index in [0.29, 0.717) is 24.6 Å². The van der Waals surface area contributed by atoms with Gasteiger partial charge in [0.15, 0.2) is 5.96 Å². The number of rotatable bonds is 8. The molecule has 1 aliphatic rings. The van der Waals surface area contributed by atoms with E-state index in [1.807, 2.05) is 38.1 Å². The highest BCUT2D eigenvalue weighted by Crippen LogP contribution is 2.17. The molecule has 7 heteroatoms. The first kappa shape index (κ1) is 24.1. The molecular weight excluding hydrogens is 458 g/mol. The zero-order valence-electron chi connectivity index (χ0n) is 17.0. The van der Waals surface area contributed by atoms with Crippen molar-refractivity contribution in [1.82, 2.24) is 15.1 Å². The molecule has 0 bridgehead atoms.